The van der Waals surface area contributed by atoms with Crippen LogP contribution in [0, 0.1) is 11.8 Å². The first-order valence-electron chi connectivity index (χ1n) is 9.95. The lowest BCUT2D eigenvalue weighted by molar-refractivity contribution is -0.122. The number of aliphatic hydroxyl groups is 1. The Morgan fingerprint density at radius 3 is 1.81 bits per heavy atom. The van der Waals surface area contributed by atoms with Crippen LogP contribution in [0.5, 0.6) is 0 Å². The quantitative estimate of drug-likeness (QED) is 0.886. The summed E-state index contributed by atoms with van der Waals surface area (Å²) >= 11 is 0. The van der Waals surface area contributed by atoms with E-state index in [4.69, 9.17) is 0 Å². The van der Waals surface area contributed by atoms with Gasteiger partial charge < -0.3 is 5.11 Å². The predicted octanol–water partition coefficient (Wildman–Crippen LogP) is 4.17. The van der Waals surface area contributed by atoms with E-state index in [0.29, 0.717) is 31.0 Å². The average molecular weight is 364 g/mol. The van der Waals surface area contributed by atoms with Crippen LogP contribution in [0.4, 0.5) is 0 Å². The van der Waals surface area contributed by atoms with Crippen LogP contribution >= 0.6 is 0 Å². The third-order valence-electron chi connectivity index (χ3n) is 5.62. The summed E-state index contributed by atoms with van der Waals surface area (Å²) < 4.78 is 0. The van der Waals surface area contributed by atoms with Gasteiger partial charge in [0.05, 0.1) is 6.10 Å². The molecule has 2 aromatic rings. The van der Waals surface area contributed by atoms with Gasteiger partial charge in [0.15, 0.2) is 0 Å². The normalized spacial score (nSPS) is 24.6. The van der Waals surface area contributed by atoms with Gasteiger partial charge in [0.2, 0.25) is 0 Å². The zero-order valence-electron chi connectivity index (χ0n) is 15.7. The molecule has 0 spiro atoms. The summed E-state index contributed by atoms with van der Waals surface area (Å²) in [6.07, 6.45) is 5.36. The molecule has 0 amide bonds. The maximum Gasteiger partial charge on any atom is 0.138 e. The van der Waals surface area contributed by atoms with Gasteiger partial charge in [-0.25, -0.2) is 0 Å². The van der Waals surface area contributed by atoms with Crippen molar-refractivity contribution >= 4 is 11.6 Å². The van der Waals surface area contributed by atoms with Crippen LogP contribution in [-0.2, 0) is 22.4 Å². The van der Waals surface area contributed by atoms with E-state index in [1.54, 1.807) is 0 Å². The first kappa shape index (κ1) is 19.5. The monoisotopic (exact) mass is 364 g/mol. The van der Waals surface area contributed by atoms with E-state index in [1.807, 2.05) is 48.5 Å². The van der Waals surface area contributed by atoms with Gasteiger partial charge in [-0.1, -0.05) is 60.7 Å². The molecule has 0 aromatic heterocycles. The first-order valence-corrected chi connectivity index (χ1v) is 9.95. The standard InChI is InChI=1S/C12H14O2.C12H14O/c13-11-6-7-12(14)10(11)8-9-4-2-1-3-5-9;13-12-8-4-7-11(12)9-10-5-2-1-3-6-10/h1-5,10-11,13H,6-8H2;1-3,5-6,11H,4,7-9H2. The van der Waals surface area contributed by atoms with Crippen molar-refractivity contribution in [2.24, 2.45) is 11.8 Å². The zero-order valence-corrected chi connectivity index (χ0v) is 15.7. The molecule has 0 aliphatic heterocycles. The maximum atomic E-state index is 11.4. The van der Waals surface area contributed by atoms with Crippen LogP contribution in [0.15, 0.2) is 60.7 Å². The highest BCUT2D eigenvalue weighted by atomic mass is 16.3. The number of hydrogen-bond donors (Lipinski definition) is 1. The summed E-state index contributed by atoms with van der Waals surface area (Å²) in [6, 6.07) is 20.2. The fraction of sp³-hybridized carbons (Fsp3) is 0.417. The Morgan fingerprint density at radius 1 is 0.741 bits per heavy atom. The number of carbonyl (C=O) groups is 2. The summed E-state index contributed by atoms with van der Waals surface area (Å²) in [4.78, 5) is 22.8. The smallest absolute Gasteiger partial charge is 0.138 e. The highest BCUT2D eigenvalue weighted by molar-refractivity contribution is 5.84. The Morgan fingerprint density at radius 2 is 1.33 bits per heavy atom. The lowest BCUT2D eigenvalue weighted by Crippen LogP contribution is -2.21. The second-order valence-corrected chi connectivity index (χ2v) is 7.61. The van der Waals surface area contributed by atoms with Crippen molar-refractivity contribution < 1.29 is 14.7 Å². The molecule has 2 saturated carbocycles. The Bertz CT molecular complexity index is 739. The molecule has 1 N–H and O–H groups in total. The van der Waals surface area contributed by atoms with E-state index in [-0.39, 0.29) is 11.7 Å². The molecule has 0 heterocycles. The van der Waals surface area contributed by atoms with Crippen LogP contribution < -0.4 is 0 Å². The minimum atomic E-state index is -0.428. The second-order valence-electron chi connectivity index (χ2n) is 7.61. The van der Waals surface area contributed by atoms with E-state index in [2.05, 4.69) is 12.1 Å². The SMILES string of the molecule is O=C1CCC(O)C1Cc1ccccc1.O=C1CCCC1Cc1ccccc1. The van der Waals surface area contributed by atoms with Crippen LogP contribution in [0.2, 0.25) is 0 Å². The van der Waals surface area contributed by atoms with Crippen LogP contribution in [0.3, 0.4) is 0 Å². The van der Waals surface area contributed by atoms with Gasteiger partial charge in [0, 0.05) is 24.7 Å². The molecular formula is C24H28O3. The summed E-state index contributed by atoms with van der Waals surface area (Å²) in [5.41, 5.74) is 2.43. The Kier molecular flexibility index (Phi) is 6.94. The van der Waals surface area contributed by atoms with Crippen molar-refractivity contribution in [1.82, 2.24) is 0 Å². The van der Waals surface area contributed by atoms with E-state index < -0.39 is 6.10 Å². The third-order valence-corrected chi connectivity index (χ3v) is 5.62. The maximum absolute atomic E-state index is 11.4. The lowest BCUT2D eigenvalue weighted by atomic mass is 9.96. The largest absolute Gasteiger partial charge is 0.392 e. The van der Waals surface area contributed by atoms with Crippen molar-refractivity contribution in [2.75, 3.05) is 0 Å². The van der Waals surface area contributed by atoms with Crippen molar-refractivity contribution in [3.8, 4) is 0 Å². The number of carbonyl (C=O) groups excluding carboxylic acids is 2. The second kappa shape index (κ2) is 9.61. The van der Waals surface area contributed by atoms with Crippen LogP contribution in [-0.4, -0.2) is 22.8 Å². The van der Waals surface area contributed by atoms with Crippen molar-refractivity contribution in [3.63, 3.8) is 0 Å². The zero-order chi connectivity index (χ0) is 19.1. The van der Waals surface area contributed by atoms with Gasteiger partial charge >= 0.3 is 0 Å². The molecule has 3 unspecified atom stereocenters. The minimum absolute atomic E-state index is 0.169. The number of aliphatic hydroxyl groups excluding tert-OH is 1. The van der Waals surface area contributed by atoms with Crippen molar-refractivity contribution in [1.29, 1.82) is 0 Å². The lowest BCUT2D eigenvalue weighted by Gasteiger charge is -2.12. The average Bonchev–Trinajstić information content (AvgIpc) is 3.24. The molecule has 3 nitrogen and oxygen atoms in total. The fourth-order valence-corrected chi connectivity index (χ4v) is 4.01. The molecule has 2 aromatic carbocycles. The van der Waals surface area contributed by atoms with Crippen LogP contribution in [0.25, 0.3) is 0 Å². The first-order chi connectivity index (χ1) is 13.1. The molecule has 2 fully saturated rings. The molecule has 4 rings (SSSR count). The molecule has 2 aliphatic rings. The number of ketones is 2. The van der Waals surface area contributed by atoms with E-state index >= 15 is 0 Å². The van der Waals surface area contributed by atoms with Crippen molar-refractivity contribution in [2.45, 2.75) is 51.0 Å². The molecule has 3 heteroatoms. The summed E-state index contributed by atoms with van der Waals surface area (Å²) in [6.45, 7) is 0. The number of Topliss-reactive ketones (excluding diaryl/α,β-unsaturated/α-hetero) is 2. The number of hydrogen-bond acceptors (Lipinski definition) is 3. The Hall–Kier alpha value is -2.26. The molecule has 27 heavy (non-hydrogen) atoms. The van der Waals surface area contributed by atoms with Crippen LogP contribution in [0.1, 0.15) is 43.2 Å². The van der Waals surface area contributed by atoms with E-state index in [1.165, 1.54) is 5.56 Å². The third kappa shape index (κ3) is 5.61. The Balaban J connectivity index is 0.000000156. The van der Waals surface area contributed by atoms with Gasteiger partial charge in [-0.05, 0) is 43.2 Å². The van der Waals surface area contributed by atoms with Gasteiger partial charge in [-0.2, -0.15) is 0 Å². The molecule has 0 saturated heterocycles. The molecule has 0 radical (unpaired) electrons. The number of benzene rings is 2. The van der Waals surface area contributed by atoms with Gasteiger partial charge in [-0.15, -0.1) is 0 Å². The topological polar surface area (TPSA) is 54.4 Å². The van der Waals surface area contributed by atoms with E-state index in [9.17, 15) is 14.7 Å². The van der Waals surface area contributed by atoms with Gasteiger partial charge in [-0.3, -0.25) is 9.59 Å². The van der Waals surface area contributed by atoms with Gasteiger partial charge in [0.1, 0.15) is 11.6 Å². The van der Waals surface area contributed by atoms with E-state index in [0.717, 1.165) is 31.2 Å². The molecule has 3 atom stereocenters. The summed E-state index contributed by atoms with van der Waals surface area (Å²) in [7, 11) is 0. The molecular weight excluding hydrogens is 336 g/mol. The summed E-state index contributed by atoms with van der Waals surface area (Å²) in [5, 5.41) is 9.60. The summed E-state index contributed by atoms with van der Waals surface area (Å²) in [5.74, 6) is 0.810. The Labute approximate surface area is 161 Å². The minimum Gasteiger partial charge on any atom is -0.392 e. The number of rotatable bonds is 4. The fourth-order valence-electron chi connectivity index (χ4n) is 4.01. The highest BCUT2D eigenvalue weighted by Crippen LogP contribution is 2.26. The molecule has 0 bridgehead atoms. The predicted molar refractivity (Wildman–Crippen MR) is 106 cm³/mol. The van der Waals surface area contributed by atoms with Crippen molar-refractivity contribution in [3.05, 3.63) is 71.8 Å². The molecule has 2 aliphatic carbocycles. The van der Waals surface area contributed by atoms with Gasteiger partial charge in [0.25, 0.3) is 0 Å². The highest BCUT2D eigenvalue weighted by Gasteiger charge is 2.32. The molecule has 142 valence electrons.